The zero-order valence-corrected chi connectivity index (χ0v) is 14.5. The van der Waals surface area contributed by atoms with Gasteiger partial charge in [0.1, 0.15) is 0 Å². The molecule has 4 heteroatoms. The number of benzene rings is 2. The third-order valence-corrected chi connectivity index (χ3v) is 4.31. The summed E-state index contributed by atoms with van der Waals surface area (Å²) in [5, 5.41) is 0.833. The van der Waals surface area contributed by atoms with Gasteiger partial charge in [-0.3, -0.25) is 0 Å². The lowest BCUT2D eigenvalue weighted by Gasteiger charge is -2.13. The summed E-state index contributed by atoms with van der Waals surface area (Å²) in [6.45, 7) is 6.02. The molecule has 0 amide bonds. The maximum atomic E-state index is 12.6. The van der Waals surface area contributed by atoms with Crippen molar-refractivity contribution in [2.45, 2.75) is 39.8 Å². The van der Waals surface area contributed by atoms with Gasteiger partial charge in [-0.25, -0.2) is 4.98 Å². The van der Waals surface area contributed by atoms with Gasteiger partial charge < -0.3 is 0 Å². The summed E-state index contributed by atoms with van der Waals surface area (Å²) in [6, 6.07) is 13.6. The van der Waals surface area contributed by atoms with E-state index < -0.39 is 12.6 Å². The maximum absolute atomic E-state index is 12.6. The second-order valence-corrected chi connectivity index (χ2v) is 6.63. The lowest BCUT2D eigenvalue weighted by atomic mass is 9.97. The first-order chi connectivity index (χ1) is 11.7. The number of nitrogens with zero attached hydrogens (tertiary/aromatic N) is 1. The van der Waals surface area contributed by atoms with Gasteiger partial charge in [-0.15, -0.1) is 0 Å². The minimum Gasteiger partial charge on any atom is -0.248 e. The molecule has 25 heavy (non-hydrogen) atoms. The Bertz CT molecular complexity index is 906. The van der Waals surface area contributed by atoms with Crippen molar-refractivity contribution in [3.05, 3.63) is 64.7 Å². The third-order valence-electron chi connectivity index (χ3n) is 4.31. The highest BCUT2D eigenvalue weighted by atomic mass is 19.4. The van der Waals surface area contributed by atoms with E-state index in [1.54, 1.807) is 12.1 Å². The normalized spacial score (nSPS) is 11.9. The fourth-order valence-corrected chi connectivity index (χ4v) is 3.33. The van der Waals surface area contributed by atoms with Crippen LogP contribution in [-0.4, -0.2) is 11.2 Å². The molecular weight excluding hydrogens is 323 g/mol. The molecule has 0 bridgehead atoms. The molecule has 1 nitrogen and oxygen atoms in total. The van der Waals surface area contributed by atoms with Gasteiger partial charge in [0, 0.05) is 17.4 Å². The van der Waals surface area contributed by atoms with Crippen LogP contribution >= 0.6 is 0 Å². The van der Waals surface area contributed by atoms with Crippen LogP contribution in [0.2, 0.25) is 0 Å². The fourth-order valence-electron chi connectivity index (χ4n) is 3.33. The molecule has 0 fully saturated rings. The van der Waals surface area contributed by atoms with E-state index in [9.17, 15) is 13.2 Å². The Kier molecular flexibility index (Phi) is 4.55. The average molecular weight is 343 g/mol. The van der Waals surface area contributed by atoms with Crippen LogP contribution in [0.5, 0.6) is 0 Å². The van der Waals surface area contributed by atoms with Gasteiger partial charge in [-0.05, 0) is 62.6 Å². The van der Waals surface area contributed by atoms with Crippen molar-refractivity contribution in [1.82, 2.24) is 4.98 Å². The van der Waals surface area contributed by atoms with E-state index >= 15 is 0 Å². The van der Waals surface area contributed by atoms with Crippen LogP contribution in [0, 0.1) is 20.8 Å². The quantitative estimate of drug-likeness (QED) is 0.542. The number of hydrogen-bond donors (Lipinski definition) is 0. The van der Waals surface area contributed by atoms with Crippen molar-refractivity contribution in [2.24, 2.45) is 0 Å². The number of aryl methyl sites for hydroxylation is 4. The van der Waals surface area contributed by atoms with Gasteiger partial charge in [0.15, 0.2) is 0 Å². The Morgan fingerprint density at radius 1 is 0.920 bits per heavy atom. The summed E-state index contributed by atoms with van der Waals surface area (Å²) in [5.41, 5.74) is 6.60. The van der Waals surface area contributed by atoms with Crippen molar-refractivity contribution in [3.8, 4) is 11.3 Å². The molecular formula is C21H20F3N. The van der Waals surface area contributed by atoms with E-state index in [0.717, 1.165) is 38.9 Å². The van der Waals surface area contributed by atoms with Gasteiger partial charge in [0.05, 0.1) is 11.2 Å². The second kappa shape index (κ2) is 6.51. The Hall–Kier alpha value is -2.36. The summed E-state index contributed by atoms with van der Waals surface area (Å²) in [4.78, 5) is 4.71. The van der Waals surface area contributed by atoms with Gasteiger partial charge in [0.25, 0.3) is 0 Å². The summed E-state index contributed by atoms with van der Waals surface area (Å²) in [6.07, 6.45) is -4.99. The smallest absolute Gasteiger partial charge is 0.248 e. The van der Waals surface area contributed by atoms with Crippen LogP contribution in [0.25, 0.3) is 22.2 Å². The minimum absolute atomic E-state index is 0.0216. The molecule has 0 radical (unpaired) electrons. The standard InChI is InChI=1S/C21H20F3N/c1-13-9-14(2)11-17(10-13)19-12-15(3)20-16(7-8-21(22,23)24)5-4-6-18(20)25-19/h4-6,9-12H,7-8H2,1-3H3. The molecule has 0 atom stereocenters. The molecule has 2 aromatic carbocycles. The van der Waals surface area contributed by atoms with E-state index in [0.29, 0.717) is 5.56 Å². The Morgan fingerprint density at radius 3 is 2.24 bits per heavy atom. The molecule has 3 rings (SSSR count). The van der Waals surface area contributed by atoms with Crippen LogP contribution in [0.3, 0.4) is 0 Å². The van der Waals surface area contributed by atoms with Crippen molar-refractivity contribution >= 4 is 10.9 Å². The highest BCUT2D eigenvalue weighted by Gasteiger charge is 2.27. The molecule has 0 spiro atoms. The summed E-state index contributed by atoms with van der Waals surface area (Å²) >= 11 is 0. The first-order valence-corrected chi connectivity index (χ1v) is 8.27. The summed E-state index contributed by atoms with van der Waals surface area (Å²) in [5.74, 6) is 0. The first-order valence-electron chi connectivity index (χ1n) is 8.27. The molecule has 0 aliphatic heterocycles. The largest absolute Gasteiger partial charge is 0.389 e. The molecule has 0 aliphatic carbocycles. The number of hydrogen-bond acceptors (Lipinski definition) is 1. The van der Waals surface area contributed by atoms with Crippen molar-refractivity contribution in [2.75, 3.05) is 0 Å². The van der Waals surface area contributed by atoms with E-state index in [1.165, 1.54) is 0 Å². The average Bonchev–Trinajstić information content (AvgIpc) is 2.51. The predicted molar refractivity (Wildman–Crippen MR) is 95.8 cm³/mol. The van der Waals surface area contributed by atoms with E-state index in [1.807, 2.05) is 32.9 Å². The lowest BCUT2D eigenvalue weighted by molar-refractivity contribution is -0.133. The maximum Gasteiger partial charge on any atom is 0.389 e. The third kappa shape index (κ3) is 4.01. The van der Waals surface area contributed by atoms with Crippen LogP contribution in [0.15, 0.2) is 42.5 Å². The van der Waals surface area contributed by atoms with Crippen molar-refractivity contribution < 1.29 is 13.2 Å². The lowest BCUT2D eigenvalue weighted by Crippen LogP contribution is -2.09. The molecule has 0 N–H and O–H groups in total. The van der Waals surface area contributed by atoms with Crippen molar-refractivity contribution in [1.29, 1.82) is 0 Å². The van der Waals surface area contributed by atoms with E-state index in [-0.39, 0.29) is 6.42 Å². The fraction of sp³-hybridized carbons (Fsp3) is 0.286. The molecule has 1 heterocycles. The van der Waals surface area contributed by atoms with E-state index in [4.69, 9.17) is 4.98 Å². The molecule has 3 aromatic rings. The number of alkyl halides is 3. The number of fused-ring (bicyclic) bond motifs is 1. The topological polar surface area (TPSA) is 12.9 Å². The Morgan fingerprint density at radius 2 is 1.60 bits per heavy atom. The van der Waals surface area contributed by atoms with Crippen LogP contribution in [0.4, 0.5) is 13.2 Å². The SMILES string of the molecule is Cc1cc(C)cc(-c2cc(C)c3c(CCC(F)(F)F)cccc3n2)c1. The molecule has 0 saturated carbocycles. The zero-order valence-electron chi connectivity index (χ0n) is 14.5. The van der Waals surface area contributed by atoms with Crippen LogP contribution in [-0.2, 0) is 6.42 Å². The highest BCUT2D eigenvalue weighted by molar-refractivity contribution is 5.88. The number of aromatic nitrogens is 1. The molecule has 0 aliphatic rings. The van der Waals surface area contributed by atoms with Crippen molar-refractivity contribution in [3.63, 3.8) is 0 Å². The van der Waals surface area contributed by atoms with Gasteiger partial charge in [0.2, 0.25) is 0 Å². The van der Waals surface area contributed by atoms with E-state index in [2.05, 4.69) is 18.2 Å². The highest BCUT2D eigenvalue weighted by Crippen LogP contribution is 2.30. The van der Waals surface area contributed by atoms with Gasteiger partial charge in [-0.2, -0.15) is 13.2 Å². The number of pyridine rings is 1. The van der Waals surface area contributed by atoms with Gasteiger partial charge >= 0.3 is 6.18 Å². The molecule has 1 aromatic heterocycles. The summed E-state index contributed by atoms with van der Waals surface area (Å²) in [7, 11) is 0. The zero-order chi connectivity index (χ0) is 18.2. The minimum atomic E-state index is -4.15. The number of rotatable bonds is 3. The molecule has 0 saturated heterocycles. The van der Waals surface area contributed by atoms with Gasteiger partial charge in [-0.1, -0.05) is 29.3 Å². The first kappa shape index (κ1) is 17.5. The predicted octanol–water partition coefficient (Wildman–Crippen LogP) is 6.32. The van der Waals surface area contributed by atoms with Crippen LogP contribution in [0.1, 0.15) is 28.7 Å². The monoisotopic (exact) mass is 343 g/mol. The Balaban J connectivity index is 2.08. The molecule has 130 valence electrons. The summed E-state index contributed by atoms with van der Waals surface area (Å²) < 4.78 is 37.8. The number of halogens is 3. The molecule has 0 unspecified atom stereocenters. The Labute approximate surface area is 145 Å². The van der Waals surface area contributed by atoms with Crippen LogP contribution < -0.4 is 0 Å². The second-order valence-electron chi connectivity index (χ2n) is 6.63.